The van der Waals surface area contributed by atoms with Crippen LogP contribution in [0, 0.1) is 11.6 Å². The van der Waals surface area contributed by atoms with E-state index >= 15 is 0 Å². The Morgan fingerprint density at radius 2 is 1.94 bits per heavy atom. The molecule has 1 aliphatic rings. The molecule has 0 saturated carbocycles. The summed E-state index contributed by atoms with van der Waals surface area (Å²) < 4.78 is 44.2. The van der Waals surface area contributed by atoms with Crippen molar-refractivity contribution in [1.29, 1.82) is 0 Å². The van der Waals surface area contributed by atoms with Crippen LogP contribution in [0.3, 0.4) is 0 Å². The van der Waals surface area contributed by atoms with Crippen LogP contribution in [0.2, 0.25) is 0 Å². The van der Waals surface area contributed by atoms with Crippen LogP contribution in [-0.4, -0.2) is 72.4 Å². The molecule has 9 heteroatoms. The molecule has 35 heavy (non-hydrogen) atoms. The molecule has 1 aromatic heterocycles. The Labute approximate surface area is 202 Å². The van der Waals surface area contributed by atoms with Gasteiger partial charge in [-0.1, -0.05) is 12.1 Å². The molecule has 7 nitrogen and oxygen atoms in total. The second kappa shape index (κ2) is 11.9. The number of β-amino-alcohol motifs (C(OH)–C–C–N with tert-alkyl or cyclic N) is 1. The summed E-state index contributed by atoms with van der Waals surface area (Å²) in [7, 11) is 0. The maximum Gasteiger partial charge on any atom is 0.257 e. The number of carbonyl (C=O) groups excluding carboxylic acids is 1. The van der Waals surface area contributed by atoms with E-state index in [4.69, 9.17) is 13.9 Å². The quantitative estimate of drug-likeness (QED) is 0.474. The molecule has 1 saturated heterocycles. The second-order valence-corrected chi connectivity index (χ2v) is 8.42. The lowest BCUT2D eigenvalue weighted by Gasteiger charge is -2.36. The number of rotatable bonds is 10. The summed E-state index contributed by atoms with van der Waals surface area (Å²) in [6, 6.07) is 15.0. The zero-order valence-corrected chi connectivity index (χ0v) is 19.2. The maximum absolute atomic E-state index is 14.3. The van der Waals surface area contributed by atoms with Gasteiger partial charge in [0.25, 0.3) is 5.91 Å². The Kier molecular flexibility index (Phi) is 8.46. The lowest BCUT2D eigenvalue weighted by molar-refractivity contribution is -0.0546. The highest BCUT2D eigenvalue weighted by molar-refractivity contribution is 5.94. The third-order valence-electron chi connectivity index (χ3n) is 5.69. The van der Waals surface area contributed by atoms with Crippen molar-refractivity contribution in [2.45, 2.75) is 18.8 Å². The lowest BCUT2D eigenvalue weighted by atomic mass is 10.1. The normalized spacial score (nSPS) is 17.2. The van der Waals surface area contributed by atoms with E-state index in [9.17, 15) is 18.7 Å². The van der Waals surface area contributed by atoms with Crippen molar-refractivity contribution in [3.05, 3.63) is 89.9 Å². The summed E-state index contributed by atoms with van der Waals surface area (Å²) in [5.41, 5.74) is -0.0138. The van der Waals surface area contributed by atoms with Crippen molar-refractivity contribution >= 4 is 5.91 Å². The van der Waals surface area contributed by atoms with E-state index in [1.165, 1.54) is 53.6 Å². The smallest absolute Gasteiger partial charge is 0.257 e. The number of ether oxygens (including phenoxy) is 2. The van der Waals surface area contributed by atoms with Crippen molar-refractivity contribution in [3.8, 4) is 5.75 Å². The first kappa shape index (κ1) is 24.8. The molecular formula is C26H28F2N2O5. The number of furan rings is 1. The number of carbonyl (C=O) groups is 1. The topological polar surface area (TPSA) is 75.4 Å². The van der Waals surface area contributed by atoms with Crippen molar-refractivity contribution in [3.63, 3.8) is 0 Å². The van der Waals surface area contributed by atoms with E-state index in [2.05, 4.69) is 0 Å². The third-order valence-corrected chi connectivity index (χ3v) is 5.69. The van der Waals surface area contributed by atoms with Crippen LogP contribution in [-0.2, 0) is 11.3 Å². The Morgan fingerprint density at radius 1 is 1.14 bits per heavy atom. The SMILES string of the molecule is O=C(c1ccccc1F)N(Cc1ccco1)CC1CN(CC(O)COc2ccc(F)cc2)CCO1. The summed E-state index contributed by atoms with van der Waals surface area (Å²) in [4.78, 5) is 16.7. The molecule has 2 heterocycles. The van der Waals surface area contributed by atoms with Crippen LogP contribution in [0.15, 0.2) is 71.3 Å². The molecule has 186 valence electrons. The summed E-state index contributed by atoms with van der Waals surface area (Å²) in [5, 5.41) is 10.4. The fraction of sp³-hybridized carbons (Fsp3) is 0.346. The van der Waals surface area contributed by atoms with Crippen molar-refractivity contribution in [1.82, 2.24) is 9.80 Å². The van der Waals surface area contributed by atoms with Crippen LogP contribution >= 0.6 is 0 Å². The first-order valence-electron chi connectivity index (χ1n) is 11.4. The fourth-order valence-electron chi connectivity index (χ4n) is 3.99. The Bertz CT molecular complexity index is 1080. The van der Waals surface area contributed by atoms with Crippen LogP contribution in [0.5, 0.6) is 5.75 Å². The van der Waals surface area contributed by atoms with Gasteiger partial charge in [-0.15, -0.1) is 0 Å². The number of aliphatic hydroxyl groups is 1. The zero-order valence-electron chi connectivity index (χ0n) is 19.2. The molecule has 4 rings (SSSR count). The van der Waals surface area contributed by atoms with Crippen LogP contribution in [0.1, 0.15) is 16.1 Å². The summed E-state index contributed by atoms with van der Waals surface area (Å²) in [6.45, 7) is 2.33. The van der Waals surface area contributed by atoms with Gasteiger partial charge >= 0.3 is 0 Å². The molecule has 2 aromatic carbocycles. The molecule has 1 fully saturated rings. The molecule has 2 atom stereocenters. The van der Waals surface area contributed by atoms with Crippen LogP contribution in [0.4, 0.5) is 8.78 Å². The molecule has 0 radical (unpaired) electrons. The van der Waals surface area contributed by atoms with Gasteiger partial charge in [0.05, 0.1) is 31.1 Å². The Hall–Kier alpha value is -3.27. The van der Waals surface area contributed by atoms with Crippen LogP contribution < -0.4 is 4.74 Å². The number of hydrogen-bond acceptors (Lipinski definition) is 6. The zero-order chi connectivity index (χ0) is 24.6. The van der Waals surface area contributed by atoms with Crippen LogP contribution in [0.25, 0.3) is 0 Å². The van der Waals surface area contributed by atoms with Gasteiger partial charge in [0, 0.05) is 26.2 Å². The third kappa shape index (κ3) is 7.11. The second-order valence-electron chi connectivity index (χ2n) is 8.42. The fourth-order valence-corrected chi connectivity index (χ4v) is 3.99. The van der Waals surface area contributed by atoms with Gasteiger partial charge < -0.3 is 23.9 Å². The molecule has 0 bridgehead atoms. The molecular weight excluding hydrogens is 458 g/mol. The first-order chi connectivity index (χ1) is 17.0. The van der Waals surface area contributed by atoms with Gasteiger partial charge in [-0.05, 0) is 48.5 Å². The Balaban J connectivity index is 1.35. The molecule has 1 aliphatic heterocycles. The highest BCUT2D eigenvalue weighted by atomic mass is 19.1. The molecule has 2 unspecified atom stereocenters. The number of halogens is 2. The number of nitrogens with zero attached hydrogens (tertiary/aromatic N) is 2. The Morgan fingerprint density at radius 3 is 2.69 bits per heavy atom. The average molecular weight is 487 g/mol. The minimum Gasteiger partial charge on any atom is -0.491 e. The highest BCUT2D eigenvalue weighted by Gasteiger charge is 2.28. The minimum atomic E-state index is -0.766. The van der Waals surface area contributed by atoms with E-state index in [0.29, 0.717) is 37.8 Å². The average Bonchev–Trinajstić information content (AvgIpc) is 3.37. The number of morpholine rings is 1. The van der Waals surface area contributed by atoms with E-state index in [1.807, 2.05) is 4.90 Å². The van der Waals surface area contributed by atoms with Gasteiger partial charge in [-0.2, -0.15) is 0 Å². The summed E-state index contributed by atoms with van der Waals surface area (Å²) >= 11 is 0. The monoisotopic (exact) mass is 486 g/mol. The summed E-state index contributed by atoms with van der Waals surface area (Å²) in [5.74, 6) is -0.335. The number of amides is 1. The molecule has 1 amide bonds. The van der Waals surface area contributed by atoms with Crippen molar-refractivity contribution in [2.24, 2.45) is 0 Å². The molecule has 0 spiro atoms. The number of aliphatic hydroxyl groups excluding tert-OH is 1. The van der Waals surface area contributed by atoms with Gasteiger partial charge in [-0.25, -0.2) is 8.78 Å². The predicted molar refractivity (Wildman–Crippen MR) is 124 cm³/mol. The largest absolute Gasteiger partial charge is 0.491 e. The van der Waals surface area contributed by atoms with E-state index in [0.717, 1.165) is 0 Å². The van der Waals surface area contributed by atoms with E-state index < -0.39 is 17.8 Å². The summed E-state index contributed by atoms with van der Waals surface area (Å²) in [6.07, 6.45) is 0.424. The van der Waals surface area contributed by atoms with E-state index in [1.54, 1.807) is 18.2 Å². The maximum atomic E-state index is 14.3. The van der Waals surface area contributed by atoms with Gasteiger partial charge in [0.1, 0.15) is 35.9 Å². The van der Waals surface area contributed by atoms with E-state index in [-0.39, 0.29) is 37.2 Å². The number of hydrogen-bond donors (Lipinski definition) is 1. The molecule has 0 aliphatic carbocycles. The van der Waals surface area contributed by atoms with Gasteiger partial charge in [0.2, 0.25) is 0 Å². The first-order valence-corrected chi connectivity index (χ1v) is 11.4. The van der Waals surface area contributed by atoms with Crippen molar-refractivity contribution in [2.75, 3.05) is 39.4 Å². The van der Waals surface area contributed by atoms with Gasteiger partial charge in [-0.3, -0.25) is 9.69 Å². The highest BCUT2D eigenvalue weighted by Crippen LogP contribution is 2.17. The minimum absolute atomic E-state index is 0.0138. The number of benzene rings is 2. The predicted octanol–water partition coefficient (Wildman–Crippen LogP) is 3.34. The molecule has 1 N–H and O–H groups in total. The lowest BCUT2D eigenvalue weighted by Crippen LogP contribution is -2.50. The molecule has 3 aromatic rings. The standard InChI is InChI=1S/C26H28F2N2O5/c27-19-7-9-21(10-8-19)35-18-20(31)14-29-11-13-34-23(15-29)17-30(16-22-4-3-12-33-22)26(32)24-5-1-2-6-25(24)28/h1-10,12,20,23,31H,11,13-18H2. The van der Waals surface area contributed by atoms with Crippen molar-refractivity contribution < 1.29 is 32.6 Å². The van der Waals surface area contributed by atoms with Gasteiger partial charge in [0.15, 0.2) is 0 Å².